The summed E-state index contributed by atoms with van der Waals surface area (Å²) >= 11 is 1.62. The van der Waals surface area contributed by atoms with Gasteiger partial charge >= 0.3 is 0 Å². The first-order chi connectivity index (χ1) is 15.4. The number of rotatable bonds is 11. The van der Waals surface area contributed by atoms with E-state index in [0.717, 1.165) is 33.7 Å². The van der Waals surface area contributed by atoms with Crippen LogP contribution in [0.3, 0.4) is 0 Å². The fourth-order valence-electron chi connectivity index (χ4n) is 3.96. The molecule has 0 spiro atoms. The topological polar surface area (TPSA) is 58.6 Å². The van der Waals surface area contributed by atoms with Crippen molar-refractivity contribution >= 4 is 17.1 Å². The van der Waals surface area contributed by atoms with Crippen LogP contribution in [0, 0.1) is 13.8 Å². The molecule has 2 aromatic carbocycles. The molecule has 1 atom stereocenters. The van der Waals surface area contributed by atoms with Crippen molar-refractivity contribution in [3.05, 3.63) is 75.0 Å². The summed E-state index contributed by atoms with van der Waals surface area (Å²) in [6, 6.07) is 16.5. The molecular weight excluding hydrogens is 418 g/mol. The van der Waals surface area contributed by atoms with E-state index < -0.39 is 6.10 Å². The Balaban J connectivity index is 1.67. The van der Waals surface area contributed by atoms with Crippen LogP contribution in [-0.4, -0.2) is 37.2 Å². The van der Waals surface area contributed by atoms with Crippen molar-refractivity contribution in [3.63, 3.8) is 0 Å². The third-order valence-electron chi connectivity index (χ3n) is 5.51. The maximum absolute atomic E-state index is 13.0. The number of carbonyl (C=O) groups is 1. The van der Waals surface area contributed by atoms with Crippen LogP contribution in [0.1, 0.15) is 44.6 Å². The highest BCUT2D eigenvalue weighted by atomic mass is 32.1. The molecule has 0 amide bonds. The Morgan fingerprint density at radius 2 is 1.81 bits per heavy atom. The van der Waals surface area contributed by atoms with Gasteiger partial charge in [0.15, 0.2) is 5.78 Å². The SMILES string of the molecule is CCc1sc(C(=O)CCc2cc(C)c(OCC(O)CNC)c(C)c2)cc1-c1ccccc1. The van der Waals surface area contributed by atoms with Crippen molar-refractivity contribution in [1.29, 1.82) is 0 Å². The summed E-state index contributed by atoms with van der Waals surface area (Å²) < 4.78 is 5.85. The maximum Gasteiger partial charge on any atom is 0.173 e. The molecule has 5 heteroatoms. The van der Waals surface area contributed by atoms with Crippen LogP contribution >= 0.6 is 11.3 Å². The molecule has 32 heavy (non-hydrogen) atoms. The summed E-state index contributed by atoms with van der Waals surface area (Å²) in [7, 11) is 1.80. The number of thiophene rings is 1. The van der Waals surface area contributed by atoms with Gasteiger partial charge in [0.25, 0.3) is 0 Å². The molecule has 1 heterocycles. The van der Waals surface area contributed by atoms with E-state index in [1.165, 1.54) is 16.0 Å². The van der Waals surface area contributed by atoms with Crippen LogP contribution in [-0.2, 0) is 12.8 Å². The zero-order valence-corrected chi connectivity index (χ0v) is 20.2. The number of hydrogen-bond donors (Lipinski definition) is 2. The minimum absolute atomic E-state index is 0.192. The summed E-state index contributed by atoms with van der Waals surface area (Å²) in [6.45, 7) is 6.91. The highest BCUT2D eigenvalue weighted by Gasteiger charge is 2.16. The predicted molar refractivity (Wildman–Crippen MR) is 133 cm³/mol. The molecule has 4 nitrogen and oxygen atoms in total. The summed E-state index contributed by atoms with van der Waals surface area (Å²) in [6.07, 6.45) is 1.56. The van der Waals surface area contributed by atoms with E-state index in [1.54, 1.807) is 18.4 Å². The van der Waals surface area contributed by atoms with Crippen LogP contribution in [0.25, 0.3) is 11.1 Å². The van der Waals surface area contributed by atoms with Crippen molar-refractivity contribution in [3.8, 4) is 16.9 Å². The molecule has 1 unspecified atom stereocenters. The number of nitrogens with one attached hydrogen (secondary N) is 1. The van der Waals surface area contributed by atoms with Crippen LogP contribution in [0.2, 0.25) is 0 Å². The van der Waals surface area contributed by atoms with Crippen LogP contribution in [0.4, 0.5) is 0 Å². The number of hydrogen-bond acceptors (Lipinski definition) is 5. The fraction of sp³-hybridized carbons (Fsp3) is 0.370. The van der Waals surface area contributed by atoms with Crippen molar-refractivity contribution in [2.24, 2.45) is 0 Å². The molecule has 2 N–H and O–H groups in total. The van der Waals surface area contributed by atoms with Gasteiger partial charge in [-0.25, -0.2) is 0 Å². The van der Waals surface area contributed by atoms with Crippen LogP contribution in [0.15, 0.2) is 48.5 Å². The smallest absolute Gasteiger partial charge is 0.173 e. The zero-order chi connectivity index (χ0) is 23.1. The summed E-state index contributed by atoms with van der Waals surface area (Å²) in [4.78, 5) is 15.1. The molecule has 0 aliphatic rings. The normalized spacial score (nSPS) is 12.0. The number of ketones is 1. The number of Topliss-reactive ketones (excluding diaryl/α,β-unsaturated/α-hetero) is 1. The first kappa shape index (κ1) is 24.2. The first-order valence-electron chi connectivity index (χ1n) is 11.2. The largest absolute Gasteiger partial charge is 0.490 e. The van der Waals surface area contributed by atoms with Crippen molar-refractivity contribution in [2.45, 2.75) is 46.1 Å². The highest BCUT2D eigenvalue weighted by Crippen LogP contribution is 2.33. The van der Waals surface area contributed by atoms with Gasteiger partial charge in [0.1, 0.15) is 18.5 Å². The molecule has 3 rings (SSSR count). The second kappa shape index (κ2) is 11.4. The van der Waals surface area contributed by atoms with Gasteiger partial charge < -0.3 is 15.2 Å². The molecule has 3 aromatic rings. The molecule has 0 aliphatic carbocycles. The van der Waals surface area contributed by atoms with E-state index >= 15 is 0 Å². The molecule has 170 valence electrons. The second-order valence-electron chi connectivity index (χ2n) is 8.17. The second-order valence-corrected chi connectivity index (χ2v) is 9.31. The highest BCUT2D eigenvalue weighted by molar-refractivity contribution is 7.14. The molecule has 0 radical (unpaired) electrons. The zero-order valence-electron chi connectivity index (χ0n) is 19.4. The Hall–Kier alpha value is -2.47. The van der Waals surface area contributed by atoms with E-state index in [2.05, 4.69) is 42.6 Å². The molecule has 0 aliphatic heterocycles. The molecule has 0 saturated heterocycles. The van der Waals surface area contributed by atoms with Crippen molar-refractivity contribution in [2.75, 3.05) is 20.2 Å². The minimum Gasteiger partial charge on any atom is -0.490 e. The van der Waals surface area contributed by atoms with Gasteiger partial charge in [-0.2, -0.15) is 0 Å². The quantitative estimate of drug-likeness (QED) is 0.385. The third-order valence-corrected chi connectivity index (χ3v) is 6.83. The fourth-order valence-corrected chi connectivity index (χ4v) is 5.05. The molecule has 0 fully saturated rings. The Bertz CT molecular complexity index is 1020. The van der Waals surface area contributed by atoms with Crippen molar-refractivity contribution in [1.82, 2.24) is 5.32 Å². The Labute approximate surface area is 195 Å². The molecule has 1 aromatic heterocycles. The number of likely N-dealkylation sites (N-methyl/N-ethyl adjacent to an activating group) is 1. The summed E-state index contributed by atoms with van der Waals surface area (Å²) in [5.41, 5.74) is 5.53. The third kappa shape index (κ3) is 6.06. The predicted octanol–water partition coefficient (Wildman–Crippen LogP) is 5.37. The van der Waals surface area contributed by atoms with Gasteiger partial charge in [-0.1, -0.05) is 49.4 Å². The van der Waals surface area contributed by atoms with Gasteiger partial charge in [0.05, 0.1) is 4.88 Å². The average Bonchev–Trinajstić information content (AvgIpc) is 3.22. The van der Waals surface area contributed by atoms with E-state index in [4.69, 9.17) is 4.74 Å². The number of aliphatic hydroxyl groups excluding tert-OH is 1. The van der Waals surface area contributed by atoms with Crippen LogP contribution in [0.5, 0.6) is 5.75 Å². The minimum atomic E-state index is -0.546. The Morgan fingerprint density at radius 1 is 1.12 bits per heavy atom. The van der Waals surface area contributed by atoms with Crippen molar-refractivity contribution < 1.29 is 14.6 Å². The molecule has 0 saturated carbocycles. The number of carbonyl (C=O) groups excluding carboxylic acids is 1. The van der Waals surface area contributed by atoms with E-state index in [-0.39, 0.29) is 12.4 Å². The number of aryl methyl sites for hydroxylation is 4. The van der Waals surface area contributed by atoms with Gasteiger partial charge in [0, 0.05) is 17.8 Å². The first-order valence-corrected chi connectivity index (χ1v) is 12.0. The monoisotopic (exact) mass is 451 g/mol. The van der Waals surface area contributed by atoms with Gasteiger partial charge in [-0.05, 0) is 67.6 Å². The lowest BCUT2D eigenvalue weighted by Gasteiger charge is -2.16. The van der Waals surface area contributed by atoms with Gasteiger partial charge in [0.2, 0.25) is 0 Å². The maximum atomic E-state index is 13.0. The molecular formula is C27H33NO3S. The van der Waals surface area contributed by atoms with Gasteiger partial charge in [-0.15, -0.1) is 11.3 Å². The van der Waals surface area contributed by atoms with Gasteiger partial charge in [-0.3, -0.25) is 4.79 Å². The number of ether oxygens (including phenoxy) is 1. The number of benzene rings is 2. The summed E-state index contributed by atoms with van der Waals surface area (Å²) in [5.74, 6) is 1.01. The molecule has 0 bridgehead atoms. The lowest BCUT2D eigenvalue weighted by Crippen LogP contribution is -2.29. The lowest BCUT2D eigenvalue weighted by atomic mass is 10.00. The standard InChI is InChI=1S/C27H33NO3S/c1-5-25-23(21-9-7-6-8-10-21)15-26(32-25)24(30)12-11-20-13-18(2)27(19(3)14-20)31-17-22(29)16-28-4/h6-10,13-15,22,28-29H,5,11-12,16-17H2,1-4H3. The Morgan fingerprint density at radius 3 is 2.44 bits per heavy atom. The Kier molecular flexibility index (Phi) is 8.62. The summed E-state index contributed by atoms with van der Waals surface area (Å²) in [5, 5.41) is 12.8. The van der Waals surface area contributed by atoms with E-state index in [0.29, 0.717) is 19.4 Å². The average molecular weight is 452 g/mol. The van der Waals surface area contributed by atoms with E-state index in [9.17, 15) is 9.90 Å². The van der Waals surface area contributed by atoms with E-state index in [1.807, 2.05) is 32.0 Å². The van der Waals surface area contributed by atoms with Crippen LogP contribution < -0.4 is 10.1 Å². The lowest BCUT2D eigenvalue weighted by molar-refractivity contribution is 0.0986. The number of aliphatic hydroxyl groups is 1.